The number of carbonyl (C=O) groups excluding carboxylic acids is 1. The molecule has 0 spiro atoms. The standard InChI is InChI=1S/C41H47ClN8O4/c1-24(23-51)44-19-27-18-29-14-16-43-38(37(29)45-20-27)46-32-8-4-6-30(25(32)2)31-7-5-9-33(36(31)42)48-40(52)39-47-34-22-50(17-15-35(34)49(39)3)21-26-10-12-28(13-11-26)41(53)54/h4-9,14,16,18,20,24,26,28,44,51H,10-13,15,17,19,21-23H2,1-3H3,(H,43,46)(H,48,52)(H,53,54)/t24-,26?,28?/m0/s1. The lowest BCUT2D eigenvalue weighted by Gasteiger charge is -2.33. The van der Waals surface area contributed by atoms with Crippen LogP contribution in [0, 0.1) is 18.8 Å². The van der Waals surface area contributed by atoms with Crippen molar-refractivity contribution in [3.63, 3.8) is 0 Å². The molecule has 282 valence electrons. The fourth-order valence-corrected chi connectivity index (χ4v) is 8.03. The molecule has 4 heterocycles. The van der Waals surface area contributed by atoms with Crippen molar-refractivity contribution in [2.24, 2.45) is 18.9 Å². The van der Waals surface area contributed by atoms with Crippen molar-refractivity contribution in [1.29, 1.82) is 0 Å². The second kappa shape index (κ2) is 16.2. The van der Waals surface area contributed by atoms with Gasteiger partial charge in [0, 0.05) is 80.4 Å². The van der Waals surface area contributed by atoms with Crippen LogP contribution in [0.5, 0.6) is 0 Å². The minimum atomic E-state index is -0.678. The minimum Gasteiger partial charge on any atom is -0.481 e. The van der Waals surface area contributed by atoms with E-state index in [1.54, 1.807) is 12.3 Å². The van der Waals surface area contributed by atoms with E-state index in [2.05, 4.69) is 31.9 Å². The molecule has 1 fully saturated rings. The number of halogens is 1. The smallest absolute Gasteiger partial charge is 0.306 e. The van der Waals surface area contributed by atoms with Gasteiger partial charge in [-0.15, -0.1) is 0 Å². The SMILES string of the molecule is Cc1c(Nc2nccc3cc(CN[C@@H](C)CO)cnc23)cccc1-c1cccc(NC(=O)c2nc3c(n2C)CCN(CC2CCC(C(=O)O)CC2)C3)c1Cl. The number of anilines is 3. The van der Waals surface area contributed by atoms with Crippen molar-refractivity contribution in [2.45, 2.75) is 65.1 Å². The normalized spacial score (nSPS) is 17.9. The van der Waals surface area contributed by atoms with Gasteiger partial charge in [0.25, 0.3) is 5.91 Å². The van der Waals surface area contributed by atoms with Crippen molar-refractivity contribution in [3.05, 3.63) is 94.3 Å². The van der Waals surface area contributed by atoms with E-state index in [0.29, 0.717) is 41.4 Å². The van der Waals surface area contributed by atoms with Crippen LogP contribution in [0.1, 0.15) is 65.7 Å². The van der Waals surface area contributed by atoms with Gasteiger partial charge in [0.1, 0.15) is 5.52 Å². The molecule has 5 aromatic rings. The molecule has 7 rings (SSSR count). The van der Waals surface area contributed by atoms with Gasteiger partial charge in [0.15, 0.2) is 11.6 Å². The number of carboxylic acid groups (broad SMARTS) is 1. The zero-order chi connectivity index (χ0) is 37.9. The summed E-state index contributed by atoms with van der Waals surface area (Å²) in [5.41, 5.74) is 7.72. The molecular formula is C41H47ClN8O4. The van der Waals surface area contributed by atoms with Gasteiger partial charge in [-0.25, -0.2) is 9.97 Å². The van der Waals surface area contributed by atoms with E-state index in [1.807, 2.05) is 68.1 Å². The Morgan fingerprint density at radius 1 is 1.04 bits per heavy atom. The lowest BCUT2D eigenvalue weighted by atomic mass is 9.81. The fraction of sp³-hybridized carbons (Fsp3) is 0.390. The molecule has 3 aromatic heterocycles. The van der Waals surface area contributed by atoms with Crippen molar-refractivity contribution < 1.29 is 19.8 Å². The van der Waals surface area contributed by atoms with E-state index in [-0.39, 0.29) is 24.5 Å². The molecule has 1 atom stereocenters. The number of aromatic nitrogens is 4. The number of pyridine rings is 2. The Kier molecular flexibility index (Phi) is 11.3. The van der Waals surface area contributed by atoms with Gasteiger partial charge in [0.2, 0.25) is 0 Å². The number of aliphatic hydroxyl groups excluding tert-OH is 1. The molecule has 1 aliphatic heterocycles. The number of imidazole rings is 1. The summed E-state index contributed by atoms with van der Waals surface area (Å²) < 4.78 is 1.89. The van der Waals surface area contributed by atoms with Crippen LogP contribution in [-0.2, 0) is 31.4 Å². The number of aliphatic carboxylic acids is 1. The Balaban J connectivity index is 1.05. The summed E-state index contributed by atoms with van der Waals surface area (Å²) in [7, 11) is 1.89. The summed E-state index contributed by atoms with van der Waals surface area (Å²) >= 11 is 7.04. The highest BCUT2D eigenvalue weighted by Gasteiger charge is 2.30. The van der Waals surface area contributed by atoms with Gasteiger partial charge >= 0.3 is 5.97 Å². The highest BCUT2D eigenvalue weighted by Crippen LogP contribution is 2.39. The van der Waals surface area contributed by atoms with Gasteiger partial charge in [-0.1, -0.05) is 35.9 Å². The molecule has 13 heteroatoms. The number of hydrogen-bond acceptors (Lipinski definition) is 9. The summed E-state index contributed by atoms with van der Waals surface area (Å²) in [5, 5.41) is 29.9. The van der Waals surface area contributed by atoms with Crippen molar-refractivity contribution >= 4 is 51.6 Å². The van der Waals surface area contributed by atoms with E-state index >= 15 is 0 Å². The highest BCUT2D eigenvalue weighted by atomic mass is 35.5. The van der Waals surface area contributed by atoms with Gasteiger partial charge in [-0.05, 0) is 86.4 Å². The summed E-state index contributed by atoms with van der Waals surface area (Å²) in [4.78, 5) is 41.6. The Morgan fingerprint density at radius 2 is 1.80 bits per heavy atom. The van der Waals surface area contributed by atoms with Gasteiger partial charge in [-0.3, -0.25) is 19.5 Å². The highest BCUT2D eigenvalue weighted by molar-refractivity contribution is 6.36. The molecule has 0 saturated heterocycles. The number of nitrogens with one attached hydrogen (secondary N) is 3. The van der Waals surface area contributed by atoms with Crippen LogP contribution < -0.4 is 16.0 Å². The topological polar surface area (TPSA) is 158 Å². The number of carboxylic acids is 1. The predicted molar refractivity (Wildman–Crippen MR) is 211 cm³/mol. The van der Waals surface area contributed by atoms with Crippen molar-refractivity contribution in [1.82, 2.24) is 29.7 Å². The summed E-state index contributed by atoms with van der Waals surface area (Å²) in [5.74, 6) is 0.239. The molecule has 1 saturated carbocycles. The molecule has 2 aliphatic rings. The Morgan fingerprint density at radius 3 is 2.56 bits per heavy atom. The first-order valence-corrected chi connectivity index (χ1v) is 19.0. The Hall–Kier alpha value is -4.88. The molecule has 5 N–H and O–H groups in total. The van der Waals surface area contributed by atoms with E-state index < -0.39 is 5.97 Å². The number of amides is 1. The third kappa shape index (κ3) is 7.97. The Labute approximate surface area is 320 Å². The van der Waals surface area contributed by atoms with Crippen LogP contribution >= 0.6 is 11.6 Å². The average molecular weight is 751 g/mol. The number of fused-ring (bicyclic) bond motifs is 2. The van der Waals surface area contributed by atoms with Crippen molar-refractivity contribution in [3.8, 4) is 11.1 Å². The molecular weight excluding hydrogens is 704 g/mol. The predicted octanol–water partition coefficient (Wildman–Crippen LogP) is 6.71. The molecule has 1 aliphatic carbocycles. The fourth-order valence-electron chi connectivity index (χ4n) is 7.75. The number of aliphatic hydroxyl groups is 1. The lowest BCUT2D eigenvalue weighted by Crippen LogP contribution is -2.36. The molecule has 54 heavy (non-hydrogen) atoms. The number of benzene rings is 2. The largest absolute Gasteiger partial charge is 0.481 e. The second-order valence-corrected chi connectivity index (χ2v) is 15.1. The van der Waals surface area contributed by atoms with E-state index in [4.69, 9.17) is 21.6 Å². The van der Waals surface area contributed by atoms with Gasteiger partial charge < -0.3 is 30.7 Å². The summed E-state index contributed by atoms with van der Waals surface area (Å²) in [6, 6.07) is 15.6. The van der Waals surface area contributed by atoms with Crippen molar-refractivity contribution in [2.75, 3.05) is 30.3 Å². The first kappa shape index (κ1) is 37.4. The molecule has 0 bridgehead atoms. The van der Waals surface area contributed by atoms with E-state index in [0.717, 1.165) is 95.4 Å². The summed E-state index contributed by atoms with van der Waals surface area (Å²) in [6.07, 6.45) is 7.72. The zero-order valence-corrected chi connectivity index (χ0v) is 31.7. The minimum absolute atomic E-state index is 0.00858. The van der Waals surface area contributed by atoms with Crippen LogP contribution in [0.3, 0.4) is 0 Å². The first-order chi connectivity index (χ1) is 26.1. The van der Waals surface area contributed by atoms with Gasteiger partial charge in [-0.2, -0.15) is 0 Å². The number of carbonyl (C=O) groups is 2. The maximum Gasteiger partial charge on any atom is 0.306 e. The average Bonchev–Trinajstić information content (AvgIpc) is 3.51. The zero-order valence-electron chi connectivity index (χ0n) is 30.9. The molecule has 0 unspecified atom stereocenters. The van der Waals surface area contributed by atoms with E-state index in [9.17, 15) is 19.8 Å². The summed E-state index contributed by atoms with van der Waals surface area (Å²) in [6.45, 7) is 7.08. The first-order valence-electron chi connectivity index (χ1n) is 18.6. The van der Waals surface area contributed by atoms with Crippen LogP contribution in [0.25, 0.3) is 22.0 Å². The number of rotatable bonds is 12. The Bertz CT molecular complexity index is 2180. The maximum absolute atomic E-state index is 13.7. The molecule has 2 aromatic carbocycles. The molecule has 12 nitrogen and oxygen atoms in total. The third-order valence-corrected chi connectivity index (χ3v) is 11.4. The number of hydrogen-bond donors (Lipinski definition) is 5. The van der Waals surface area contributed by atoms with Crippen LogP contribution in [0.4, 0.5) is 17.2 Å². The maximum atomic E-state index is 13.7. The third-order valence-electron chi connectivity index (χ3n) is 11.0. The second-order valence-electron chi connectivity index (χ2n) is 14.7. The van der Waals surface area contributed by atoms with Crippen LogP contribution in [0.15, 0.2) is 60.9 Å². The quantitative estimate of drug-likeness (QED) is 0.0929. The van der Waals surface area contributed by atoms with E-state index in [1.165, 1.54) is 0 Å². The molecule has 0 radical (unpaired) electrons. The lowest BCUT2D eigenvalue weighted by molar-refractivity contribution is -0.143. The number of nitrogens with zero attached hydrogens (tertiary/aromatic N) is 5. The monoisotopic (exact) mass is 750 g/mol. The van der Waals surface area contributed by atoms with Gasteiger partial charge in [0.05, 0.1) is 28.9 Å². The van der Waals surface area contributed by atoms with Crippen LogP contribution in [-0.4, -0.2) is 72.2 Å². The van der Waals surface area contributed by atoms with Crippen LogP contribution in [0.2, 0.25) is 5.02 Å². The molecule has 1 amide bonds.